The second-order valence-corrected chi connectivity index (χ2v) is 5.96. The van der Waals surface area contributed by atoms with Crippen LogP contribution in [-0.2, 0) is 16.5 Å². The van der Waals surface area contributed by atoms with Crippen molar-refractivity contribution in [3.8, 4) is 0 Å². The van der Waals surface area contributed by atoms with E-state index in [1.165, 1.54) is 12.1 Å². The Morgan fingerprint density at radius 2 is 1.62 bits per heavy atom. The number of nitro groups is 1. The van der Waals surface area contributed by atoms with Gasteiger partial charge in [-0.05, 0) is 17.7 Å². The standard InChI is InChI=1S/C14H13NO5S/c16-15(17)14(10-11-4-2-1-3-5-11)12-6-8-13(9-7-12)21(18,19)20/h1-9,14H,10H2,(H,18,19,20). The first-order valence-corrected chi connectivity index (χ1v) is 7.57. The molecule has 0 amide bonds. The average molecular weight is 307 g/mol. The predicted molar refractivity (Wildman–Crippen MR) is 76.1 cm³/mol. The van der Waals surface area contributed by atoms with Gasteiger partial charge in [0.05, 0.1) is 4.90 Å². The largest absolute Gasteiger partial charge is 0.294 e. The summed E-state index contributed by atoms with van der Waals surface area (Å²) in [5, 5.41) is 11.2. The van der Waals surface area contributed by atoms with E-state index in [0.29, 0.717) is 5.56 Å². The second-order valence-electron chi connectivity index (χ2n) is 4.53. The van der Waals surface area contributed by atoms with E-state index < -0.39 is 21.1 Å². The summed E-state index contributed by atoms with van der Waals surface area (Å²) in [5.74, 6) is 0. The van der Waals surface area contributed by atoms with Crippen molar-refractivity contribution in [2.75, 3.05) is 0 Å². The zero-order valence-electron chi connectivity index (χ0n) is 10.9. The van der Waals surface area contributed by atoms with E-state index in [4.69, 9.17) is 4.55 Å². The minimum absolute atomic E-state index is 0.207. The van der Waals surface area contributed by atoms with Crippen molar-refractivity contribution in [3.05, 3.63) is 75.8 Å². The van der Waals surface area contributed by atoms with E-state index in [1.54, 1.807) is 24.3 Å². The molecule has 7 heteroatoms. The van der Waals surface area contributed by atoms with Gasteiger partial charge in [-0.15, -0.1) is 0 Å². The maximum Gasteiger partial charge on any atom is 0.294 e. The minimum Gasteiger partial charge on any atom is -0.282 e. The average Bonchev–Trinajstić information content (AvgIpc) is 2.45. The molecule has 0 radical (unpaired) electrons. The highest BCUT2D eigenvalue weighted by molar-refractivity contribution is 7.85. The maximum atomic E-state index is 11.2. The Hall–Kier alpha value is -2.25. The van der Waals surface area contributed by atoms with Gasteiger partial charge < -0.3 is 0 Å². The van der Waals surface area contributed by atoms with Crippen LogP contribution < -0.4 is 0 Å². The molecule has 2 aromatic carbocycles. The van der Waals surface area contributed by atoms with Crippen LogP contribution in [0.4, 0.5) is 0 Å². The highest BCUT2D eigenvalue weighted by Crippen LogP contribution is 2.23. The van der Waals surface area contributed by atoms with Gasteiger partial charge in [0.1, 0.15) is 0 Å². The normalized spacial score (nSPS) is 12.8. The molecule has 0 spiro atoms. The lowest BCUT2D eigenvalue weighted by molar-refractivity contribution is -0.528. The first kappa shape index (κ1) is 15.1. The lowest BCUT2D eigenvalue weighted by Crippen LogP contribution is -2.13. The molecule has 6 nitrogen and oxygen atoms in total. The molecule has 0 heterocycles. The predicted octanol–water partition coefficient (Wildman–Crippen LogP) is 2.49. The summed E-state index contributed by atoms with van der Waals surface area (Å²) in [7, 11) is -4.29. The molecule has 0 aromatic heterocycles. The summed E-state index contributed by atoms with van der Waals surface area (Å²) >= 11 is 0. The van der Waals surface area contributed by atoms with Crippen LogP contribution in [0.5, 0.6) is 0 Å². The van der Waals surface area contributed by atoms with Gasteiger partial charge in [0, 0.05) is 16.9 Å². The molecular weight excluding hydrogens is 294 g/mol. The molecule has 1 atom stereocenters. The van der Waals surface area contributed by atoms with E-state index >= 15 is 0 Å². The van der Waals surface area contributed by atoms with Crippen LogP contribution in [0.1, 0.15) is 17.2 Å². The fourth-order valence-electron chi connectivity index (χ4n) is 2.01. The molecule has 0 aliphatic heterocycles. The van der Waals surface area contributed by atoms with E-state index in [0.717, 1.165) is 17.7 Å². The number of benzene rings is 2. The first-order valence-electron chi connectivity index (χ1n) is 6.13. The van der Waals surface area contributed by atoms with Crippen molar-refractivity contribution >= 4 is 10.1 Å². The van der Waals surface area contributed by atoms with Gasteiger partial charge in [0.25, 0.3) is 10.1 Å². The van der Waals surface area contributed by atoms with Crippen LogP contribution >= 0.6 is 0 Å². The zero-order chi connectivity index (χ0) is 15.5. The third-order valence-corrected chi connectivity index (χ3v) is 3.96. The molecule has 0 saturated carbocycles. The van der Waals surface area contributed by atoms with E-state index in [9.17, 15) is 18.5 Å². The van der Waals surface area contributed by atoms with Gasteiger partial charge in [-0.2, -0.15) is 8.42 Å². The van der Waals surface area contributed by atoms with E-state index in [-0.39, 0.29) is 11.3 Å². The highest BCUT2D eigenvalue weighted by Gasteiger charge is 2.23. The van der Waals surface area contributed by atoms with Gasteiger partial charge in [0.15, 0.2) is 0 Å². The van der Waals surface area contributed by atoms with Crippen molar-refractivity contribution in [1.29, 1.82) is 0 Å². The monoisotopic (exact) mass is 307 g/mol. The third kappa shape index (κ3) is 3.87. The Kier molecular flexibility index (Phi) is 4.35. The molecule has 0 saturated heterocycles. The Balaban J connectivity index is 2.29. The smallest absolute Gasteiger partial charge is 0.282 e. The van der Waals surface area contributed by atoms with Crippen LogP contribution in [0, 0.1) is 10.1 Å². The van der Waals surface area contributed by atoms with Gasteiger partial charge >= 0.3 is 0 Å². The summed E-state index contributed by atoms with van der Waals surface area (Å²) < 4.78 is 30.8. The van der Waals surface area contributed by atoms with Crippen molar-refractivity contribution < 1.29 is 17.9 Å². The number of hydrogen-bond donors (Lipinski definition) is 1. The lowest BCUT2D eigenvalue weighted by atomic mass is 9.99. The topological polar surface area (TPSA) is 97.5 Å². The zero-order valence-corrected chi connectivity index (χ0v) is 11.7. The summed E-state index contributed by atoms with van der Waals surface area (Å²) in [6.45, 7) is 0. The quantitative estimate of drug-likeness (QED) is 0.520. The molecule has 0 aliphatic carbocycles. The Bertz CT molecular complexity index is 726. The Morgan fingerprint density at radius 1 is 1.05 bits per heavy atom. The number of nitrogens with zero attached hydrogens (tertiary/aromatic N) is 1. The Labute approximate surface area is 121 Å². The number of hydrogen-bond acceptors (Lipinski definition) is 4. The molecule has 1 unspecified atom stereocenters. The third-order valence-electron chi connectivity index (χ3n) is 3.09. The molecule has 2 rings (SSSR count). The summed E-state index contributed by atoms with van der Waals surface area (Å²) in [4.78, 5) is 10.5. The van der Waals surface area contributed by atoms with Gasteiger partial charge in [0.2, 0.25) is 6.04 Å². The molecule has 0 fully saturated rings. The van der Waals surface area contributed by atoms with E-state index in [1.807, 2.05) is 6.07 Å². The van der Waals surface area contributed by atoms with Gasteiger partial charge in [-0.1, -0.05) is 42.5 Å². The van der Waals surface area contributed by atoms with Crippen molar-refractivity contribution in [2.24, 2.45) is 0 Å². The van der Waals surface area contributed by atoms with Crippen LogP contribution in [-0.4, -0.2) is 17.9 Å². The summed E-state index contributed by atoms with van der Waals surface area (Å²) in [5.41, 5.74) is 1.20. The SMILES string of the molecule is O=[N+]([O-])C(Cc1ccccc1)c1ccc(S(=O)(=O)O)cc1. The van der Waals surface area contributed by atoms with Crippen molar-refractivity contribution in [1.82, 2.24) is 0 Å². The van der Waals surface area contributed by atoms with Crippen molar-refractivity contribution in [3.63, 3.8) is 0 Å². The summed E-state index contributed by atoms with van der Waals surface area (Å²) in [6, 6.07) is 13.1. The molecule has 1 N–H and O–H groups in total. The van der Waals surface area contributed by atoms with E-state index in [2.05, 4.69) is 0 Å². The molecule has 0 bridgehead atoms. The van der Waals surface area contributed by atoms with Gasteiger partial charge in [-0.25, -0.2) is 0 Å². The molecular formula is C14H13NO5S. The maximum absolute atomic E-state index is 11.2. The minimum atomic E-state index is -4.29. The fraction of sp³-hybridized carbons (Fsp3) is 0.143. The van der Waals surface area contributed by atoms with Gasteiger partial charge in [-0.3, -0.25) is 14.7 Å². The van der Waals surface area contributed by atoms with Crippen LogP contribution in [0.15, 0.2) is 59.5 Å². The molecule has 110 valence electrons. The van der Waals surface area contributed by atoms with Crippen molar-refractivity contribution in [2.45, 2.75) is 17.4 Å². The second kappa shape index (κ2) is 6.02. The van der Waals surface area contributed by atoms with Crippen LogP contribution in [0.2, 0.25) is 0 Å². The summed E-state index contributed by atoms with van der Waals surface area (Å²) in [6.07, 6.45) is 0.207. The van der Waals surface area contributed by atoms with Crippen LogP contribution in [0.3, 0.4) is 0 Å². The van der Waals surface area contributed by atoms with Crippen LogP contribution in [0.25, 0.3) is 0 Å². The highest BCUT2D eigenvalue weighted by atomic mass is 32.2. The number of rotatable bonds is 5. The Morgan fingerprint density at radius 3 is 2.10 bits per heavy atom. The molecule has 0 aliphatic rings. The lowest BCUT2D eigenvalue weighted by Gasteiger charge is -2.10. The molecule has 21 heavy (non-hydrogen) atoms. The first-order chi connectivity index (χ1) is 9.88. The fourth-order valence-corrected chi connectivity index (χ4v) is 2.49. The molecule has 2 aromatic rings.